The van der Waals surface area contributed by atoms with Crippen LogP contribution in [-0.2, 0) is 11.4 Å². The predicted octanol–water partition coefficient (Wildman–Crippen LogP) is 0.801. The Kier molecular flexibility index (Phi) is 3.64. The number of hydrogen-bond donors (Lipinski definition) is 2. The second-order valence-electron chi connectivity index (χ2n) is 3.11. The molecule has 0 saturated carbocycles. The number of aliphatic hydroxyl groups excluding tert-OH is 1. The van der Waals surface area contributed by atoms with Gasteiger partial charge in [-0.1, -0.05) is 13.3 Å². The summed E-state index contributed by atoms with van der Waals surface area (Å²) in [6, 6.07) is -0.576. The lowest BCUT2D eigenvalue weighted by Crippen LogP contribution is -2.17. The summed E-state index contributed by atoms with van der Waals surface area (Å²) in [6.45, 7) is 1.77. The minimum atomic E-state index is -0.867. The maximum atomic E-state index is 10.9. The quantitative estimate of drug-likeness (QED) is 0.733. The second kappa shape index (κ2) is 4.76. The van der Waals surface area contributed by atoms with Gasteiger partial charge in [-0.25, -0.2) is 9.78 Å². The van der Waals surface area contributed by atoms with Crippen molar-refractivity contribution < 1.29 is 15.0 Å². The number of aliphatic carboxylic acids is 1. The SMILES string of the molecule is CCCC(C(=O)O)n1cnc(CO)c1. The van der Waals surface area contributed by atoms with Gasteiger partial charge in [0.1, 0.15) is 6.04 Å². The van der Waals surface area contributed by atoms with Crippen molar-refractivity contribution in [3.05, 3.63) is 18.2 Å². The summed E-state index contributed by atoms with van der Waals surface area (Å²) in [5.74, 6) is -0.867. The average molecular weight is 198 g/mol. The first-order valence-corrected chi connectivity index (χ1v) is 4.55. The normalized spacial score (nSPS) is 12.7. The number of hydrogen-bond acceptors (Lipinski definition) is 3. The highest BCUT2D eigenvalue weighted by molar-refractivity contribution is 5.71. The van der Waals surface area contributed by atoms with Gasteiger partial charge in [-0.15, -0.1) is 0 Å². The fraction of sp³-hybridized carbons (Fsp3) is 0.556. The molecule has 1 unspecified atom stereocenters. The Morgan fingerprint density at radius 2 is 2.43 bits per heavy atom. The molecule has 0 spiro atoms. The topological polar surface area (TPSA) is 75.3 Å². The third-order valence-corrected chi connectivity index (χ3v) is 2.02. The molecule has 14 heavy (non-hydrogen) atoms. The lowest BCUT2D eigenvalue weighted by atomic mass is 10.2. The number of carbonyl (C=O) groups is 1. The molecular formula is C9H14N2O3. The summed E-state index contributed by atoms with van der Waals surface area (Å²) in [5, 5.41) is 17.7. The lowest BCUT2D eigenvalue weighted by Gasteiger charge is -2.11. The largest absolute Gasteiger partial charge is 0.480 e. The van der Waals surface area contributed by atoms with Crippen molar-refractivity contribution in [1.82, 2.24) is 9.55 Å². The Balaban J connectivity index is 2.81. The molecule has 0 aliphatic heterocycles. The summed E-state index contributed by atoms with van der Waals surface area (Å²) in [7, 11) is 0. The number of aliphatic hydroxyl groups is 1. The number of aromatic nitrogens is 2. The molecule has 5 heteroatoms. The molecule has 0 aromatic carbocycles. The number of nitrogens with zero attached hydrogens (tertiary/aromatic N) is 2. The third kappa shape index (κ3) is 2.32. The molecule has 0 radical (unpaired) electrons. The van der Waals surface area contributed by atoms with Gasteiger partial charge in [0.2, 0.25) is 0 Å². The van der Waals surface area contributed by atoms with E-state index in [0.29, 0.717) is 12.1 Å². The van der Waals surface area contributed by atoms with Crippen molar-refractivity contribution in [2.24, 2.45) is 0 Å². The van der Waals surface area contributed by atoms with Gasteiger partial charge in [0.15, 0.2) is 0 Å². The Morgan fingerprint density at radius 1 is 1.71 bits per heavy atom. The second-order valence-corrected chi connectivity index (χ2v) is 3.11. The summed E-state index contributed by atoms with van der Waals surface area (Å²) in [6.07, 6.45) is 4.37. The molecule has 5 nitrogen and oxygen atoms in total. The van der Waals surface area contributed by atoms with E-state index in [1.165, 1.54) is 10.9 Å². The zero-order chi connectivity index (χ0) is 10.6. The third-order valence-electron chi connectivity index (χ3n) is 2.02. The van der Waals surface area contributed by atoms with E-state index in [-0.39, 0.29) is 6.61 Å². The number of carboxylic acid groups (broad SMARTS) is 1. The molecule has 0 amide bonds. The molecule has 0 bridgehead atoms. The van der Waals surface area contributed by atoms with Crippen LogP contribution in [0.5, 0.6) is 0 Å². The van der Waals surface area contributed by atoms with E-state index in [1.54, 1.807) is 6.20 Å². The van der Waals surface area contributed by atoms with E-state index < -0.39 is 12.0 Å². The molecule has 1 atom stereocenters. The van der Waals surface area contributed by atoms with Crippen LogP contribution in [-0.4, -0.2) is 25.7 Å². The van der Waals surface area contributed by atoms with E-state index in [1.807, 2.05) is 6.92 Å². The molecule has 1 heterocycles. The Morgan fingerprint density at radius 3 is 2.86 bits per heavy atom. The van der Waals surface area contributed by atoms with Crippen LogP contribution in [0.3, 0.4) is 0 Å². The van der Waals surface area contributed by atoms with Gasteiger partial charge in [-0.05, 0) is 6.42 Å². The minimum Gasteiger partial charge on any atom is -0.480 e. The molecule has 1 rings (SSSR count). The zero-order valence-corrected chi connectivity index (χ0v) is 8.05. The highest BCUT2D eigenvalue weighted by Gasteiger charge is 2.18. The van der Waals surface area contributed by atoms with Crippen LogP contribution < -0.4 is 0 Å². The first-order valence-electron chi connectivity index (χ1n) is 4.55. The smallest absolute Gasteiger partial charge is 0.326 e. The van der Waals surface area contributed by atoms with Gasteiger partial charge < -0.3 is 14.8 Å². The minimum absolute atomic E-state index is 0.161. The summed E-state index contributed by atoms with van der Waals surface area (Å²) in [4.78, 5) is 14.7. The van der Waals surface area contributed by atoms with E-state index in [0.717, 1.165) is 6.42 Å². The lowest BCUT2D eigenvalue weighted by molar-refractivity contribution is -0.141. The fourth-order valence-electron chi connectivity index (χ4n) is 1.31. The predicted molar refractivity (Wildman–Crippen MR) is 49.7 cm³/mol. The molecular weight excluding hydrogens is 184 g/mol. The summed E-state index contributed by atoms with van der Waals surface area (Å²) >= 11 is 0. The Hall–Kier alpha value is -1.36. The molecule has 0 saturated heterocycles. The molecule has 0 aliphatic carbocycles. The van der Waals surface area contributed by atoms with Gasteiger partial charge in [0, 0.05) is 6.20 Å². The van der Waals surface area contributed by atoms with Crippen LogP contribution in [0, 0.1) is 0 Å². The van der Waals surface area contributed by atoms with E-state index in [9.17, 15) is 4.79 Å². The highest BCUT2D eigenvalue weighted by Crippen LogP contribution is 2.14. The van der Waals surface area contributed by atoms with Crippen molar-refractivity contribution >= 4 is 5.97 Å². The maximum Gasteiger partial charge on any atom is 0.326 e. The van der Waals surface area contributed by atoms with Crippen molar-refractivity contribution in [2.75, 3.05) is 0 Å². The number of rotatable bonds is 5. The molecule has 78 valence electrons. The Labute approximate surface area is 82.0 Å². The van der Waals surface area contributed by atoms with Crippen LogP contribution >= 0.6 is 0 Å². The van der Waals surface area contributed by atoms with Crippen LogP contribution in [0.4, 0.5) is 0 Å². The van der Waals surface area contributed by atoms with Gasteiger partial charge in [-0.2, -0.15) is 0 Å². The molecule has 0 fully saturated rings. The first-order chi connectivity index (χ1) is 6.69. The molecule has 1 aromatic heterocycles. The standard InChI is InChI=1S/C9H14N2O3/c1-2-3-8(9(13)14)11-4-7(5-12)10-6-11/h4,6,8,12H,2-3,5H2,1H3,(H,13,14). The van der Waals surface area contributed by atoms with E-state index >= 15 is 0 Å². The first kappa shape index (κ1) is 10.7. The fourth-order valence-corrected chi connectivity index (χ4v) is 1.31. The maximum absolute atomic E-state index is 10.9. The van der Waals surface area contributed by atoms with Crippen LogP contribution in [0.2, 0.25) is 0 Å². The van der Waals surface area contributed by atoms with Gasteiger partial charge >= 0.3 is 5.97 Å². The summed E-state index contributed by atoms with van der Waals surface area (Å²) in [5.41, 5.74) is 0.493. The van der Waals surface area contributed by atoms with Crippen molar-refractivity contribution in [2.45, 2.75) is 32.4 Å². The Bertz CT molecular complexity index is 309. The van der Waals surface area contributed by atoms with E-state index in [4.69, 9.17) is 10.2 Å². The van der Waals surface area contributed by atoms with Crippen molar-refractivity contribution in [3.8, 4) is 0 Å². The van der Waals surface area contributed by atoms with Crippen molar-refractivity contribution in [1.29, 1.82) is 0 Å². The van der Waals surface area contributed by atoms with Gasteiger partial charge in [0.05, 0.1) is 18.6 Å². The van der Waals surface area contributed by atoms with Crippen molar-refractivity contribution in [3.63, 3.8) is 0 Å². The molecule has 2 N–H and O–H groups in total. The van der Waals surface area contributed by atoms with Crippen LogP contribution in [0.15, 0.2) is 12.5 Å². The van der Waals surface area contributed by atoms with Crippen LogP contribution in [0.1, 0.15) is 31.5 Å². The number of imidazole rings is 1. The zero-order valence-electron chi connectivity index (χ0n) is 8.05. The van der Waals surface area contributed by atoms with E-state index in [2.05, 4.69) is 4.98 Å². The molecule has 1 aromatic rings. The summed E-state index contributed by atoms with van der Waals surface area (Å²) < 4.78 is 1.53. The monoisotopic (exact) mass is 198 g/mol. The van der Waals surface area contributed by atoms with Gasteiger partial charge in [0.25, 0.3) is 0 Å². The van der Waals surface area contributed by atoms with Gasteiger partial charge in [-0.3, -0.25) is 0 Å². The average Bonchev–Trinajstić information content (AvgIpc) is 2.61. The highest BCUT2D eigenvalue weighted by atomic mass is 16.4. The van der Waals surface area contributed by atoms with Crippen LogP contribution in [0.25, 0.3) is 0 Å². The molecule has 0 aliphatic rings. The number of carboxylic acids is 1.